The van der Waals surface area contributed by atoms with Crippen LogP contribution in [0.3, 0.4) is 0 Å². The molecule has 0 unspecified atom stereocenters. The quantitative estimate of drug-likeness (QED) is 0.661. The molecule has 2 heterocycles. The van der Waals surface area contributed by atoms with E-state index in [1.807, 2.05) is 18.2 Å². The van der Waals surface area contributed by atoms with Crippen LogP contribution in [0.25, 0.3) is 5.69 Å². The second-order valence-corrected chi connectivity index (χ2v) is 6.57. The zero-order valence-corrected chi connectivity index (χ0v) is 15.5. The van der Waals surface area contributed by atoms with E-state index < -0.39 is 0 Å². The van der Waals surface area contributed by atoms with Crippen molar-refractivity contribution in [2.24, 2.45) is 0 Å². The molecule has 1 amide bonds. The topological polar surface area (TPSA) is 73.0 Å². The number of amides is 1. The van der Waals surface area contributed by atoms with Gasteiger partial charge in [0.05, 0.1) is 21.4 Å². The smallest absolute Gasteiger partial charge is 0.260 e. The van der Waals surface area contributed by atoms with Gasteiger partial charge in [0.25, 0.3) is 5.91 Å². The van der Waals surface area contributed by atoms with Crippen molar-refractivity contribution in [3.8, 4) is 5.69 Å². The first kappa shape index (κ1) is 15.9. The van der Waals surface area contributed by atoms with Crippen LogP contribution in [-0.2, 0) is 0 Å². The molecule has 0 saturated heterocycles. The van der Waals surface area contributed by atoms with E-state index in [2.05, 4.69) is 47.3 Å². The molecule has 0 radical (unpaired) electrons. The molecular formula is C15H12Br2N4O2. The number of furan rings is 1. The minimum Gasteiger partial charge on any atom is -0.465 e. The third kappa shape index (κ3) is 3.09. The highest BCUT2D eigenvalue weighted by atomic mass is 79.9. The van der Waals surface area contributed by atoms with Crippen molar-refractivity contribution >= 4 is 43.5 Å². The molecule has 0 saturated carbocycles. The van der Waals surface area contributed by atoms with Gasteiger partial charge in [-0.1, -0.05) is 15.9 Å². The van der Waals surface area contributed by atoms with Crippen LogP contribution in [0.4, 0.5) is 5.69 Å². The number of carbonyl (C=O) groups is 1. The number of hydrogen-bond donors (Lipinski definition) is 1. The van der Waals surface area contributed by atoms with E-state index in [0.717, 1.165) is 4.47 Å². The lowest BCUT2D eigenvalue weighted by molar-refractivity contribution is 0.102. The van der Waals surface area contributed by atoms with E-state index in [0.29, 0.717) is 32.9 Å². The second-order valence-electron chi connectivity index (χ2n) is 4.86. The van der Waals surface area contributed by atoms with E-state index in [9.17, 15) is 4.79 Å². The van der Waals surface area contributed by atoms with E-state index in [1.165, 1.54) is 6.33 Å². The van der Waals surface area contributed by atoms with Crippen molar-refractivity contribution in [3.63, 3.8) is 0 Å². The summed E-state index contributed by atoms with van der Waals surface area (Å²) in [7, 11) is 0. The lowest BCUT2D eigenvalue weighted by Gasteiger charge is -2.11. The second kappa shape index (κ2) is 6.29. The average Bonchev–Trinajstić information content (AvgIpc) is 3.08. The highest BCUT2D eigenvalue weighted by Gasteiger charge is 2.21. The highest BCUT2D eigenvalue weighted by Crippen LogP contribution is 2.30. The Labute approximate surface area is 149 Å². The summed E-state index contributed by atoms with van der Waals surface area (Å²) in [5.74, 6) is 0.966. The van der Waals surface area contributed by atoms with Crippen LogP contribution < -0.4 is 5.32 Å². The molecule has 0 aliphatic rings. The van der Waals surface area contributed by atoms with Crippen molar-refractivity contribution < 1.29 is 9.21 Å². The third-order valence-electron chi connectivity index (χ3n) is 3.29. The molecule has 3 aromatic rings. The van der Waals surface area contributed by atoms with Crippen molar-refractivity contribution in [3.05, 3.63) is 56.9 Å². The first-order valence-electron chi connectivity index (χ1n) is 6.68. The standard InChI is InChI=1S/C15H12Br2N4O2/c1-8-13(14(17)9(2)23-8)15(22)20-11-5-10(16)3-4-12(11)21-7-18-6-19-21/h3-7H,1-2H3,(H,20,22). The third-order valence-corrected chi connectivity index (χ3v) is 4.73. The summed E-state index contributed by atoms with van der Waals surface area (Å²) >= 11 is 6.81. The Bertz CT molecular complexity index is 872. The molecule has 8 heteroatoms. The summed E-state index contributed by atoms with van der Waals surface area (Å²) in [5, 5.41) is 7.01. The minimum atomic E-state index is -0.259. The summed E-state index contributed by atoms with van der Waals surface area (Å²) in [4.78, 5) is 16.6. The predicted octanol–water partition coefficient (Wildman–Crippen LogP) is 4.25. The number of nitrogens with one attached hydrogen (secondary N) is 1. The van der Waals surface area contributed by atoms with Gasteiger partial charge >= 0.3 is 0 Å². The molecule has 6 nitrogen and oxygen atoms in total. The molecular weight excluding hydrogens is 428 g/mol. The molecule has 0 aliphatic heterocycles. The van der Waals surface area contributed by atoms with Gasteiger partial charge in [0.15, 0.2) is 0 Å². The lowest BCUT2D eigenvalue weighted by Crippen LogP contribution is -2.15. The molecule has 0 atom stereocenters. The molecule has 23 heavy (non-hydrogen) atoms. The van der Waals surface area contributed by atoms with E-state index in [-0.39, 0.29) is 5.91 Å². The molecule has 2 aromatic heterocycles. The fraction of sp³-hybridized carbons (Fsp3) is 0.133. The molecule has 0 spiro atoms. The number of carbonyl (C=O) groups excluding carboxylic acids is 1. The summed E-state index contributed by atoms with van der Waals surface area (Å²) < 4.78 is 8.57. The monoisotopic (exact) mass is 438 g/mol. The largest absolute Gasteiger partial charge is 0.465 e. The molecule has 0 aliphatic carbocycles. The number of nitrogens with zero attached hydrogens (tertiary/aromatic N) is 3. The Morgan fingerprint density at radius 2 is 2.04 bits per heavy atom. The van der Waals surface area contributed by atoms with Gasteiger partial charge < -0.3 is 9.73 Å². The normalized spacial score (nSPS) is 10.8. The van der Waals surface area contributed by atoms with Crippen LogP contribution in [0.5, 0.6) is 0 Å². The molecule has 0 fully saturated rings. The van der Waals surface area contributed by atoms with Gasteiger partial charge in [-0.15, -0.1) is 0 Å². The van der Waals surface area contributed by atoms with E-state index in [4.69, 9.17) is 4.42 Å². The maximum Gasteiger partial charge on any atom is 0.260 e. The summed E-state index contributed by atoms with van der Waals surface area (Å²) in [6, 6.07) is 5.53. The van der Waals surface area contributed by atoms with Gasteiger partial charge in [0.2, 0.25) is 0 Å². The SMILES string of the molecule is Cc1oc(C)c(C(=O)Nc2cc(Br)ccc2-n2cncn2)c1Br. The Kier molecular flexibility index (Phi) is 4.36. The molecule has 1 aromatic carbocycles. The number of halogens is 2. The van der Waals surface area contributed by atoms with Gasteiger partial charge in [0.1, 0.15) is 24.2 Å². The van der Waals surface area contributed by atoms with Gasteiger partial charge in [-0.3, -0.25) is 4.79 Å². The molecule has 118 valence electrons. The Morgan fingerprint density at radius 3 is 2.65 bits per heavy atom. The number of aromatic nitrogens is 3. The fourth-order valence-corrected chi connectivity index (χ4v) is 3.14. The Balaban J connectivity index is 2.00. The summed E-state index contributed by atoms with van der Waals surface area (Å²) in [5.41, 5.74) is 1.81. The summed E-state index contributed by atoms with van der Waals surface area (Å²) in [6.45, 7) is 3.56. The first-order valence-corrected chi connectivity index (χ1v) is 8.27. The van der Waals surface area contributed by atoms with Crippen molar-refractivity contribution in [1.29, 1.82) is 0 Å². The van der Waals surface area contributed by atoms with Crippen LogP contribution >= 0.6 is 31.9 Å². The van der Waals surface area contributed by atoms with E-state index in [1.54, 1.807) is 24.9 Å². The minimum absolute atomic E-state index is 0.259. The van der Waals surface area contributed by atoms with Crippen molar-refractivity contribution in [2.45, 2.75) is 13.8 Å². The number of hydrogen-bond acceptors (Lipinski definition) is 4. The molecule has 0 bridgehead atoms. The van der Waals surface area contributed by atoms with Crippen LogP contribution in [0.1, 0.15) is 21.9 Å². The van der Waals surface area contributed by atoms with E-state index >= 15 is 0 Å². The number of aryl methyl sites for hydroxylation is 2. The first-order chi connectivity index (χ1) is 11.0. The average molecular weight is 440 g/mol. The fourth-order valence-electron chi connectivity index (χ4n) is 2.24. The summed E-state index contributed by atoms with van der Waals surface area (Å²) in [6.07, 6.45) is 3.01. The number of rotatable bonds is 3. The van der Waals surface area contributed by atoms with Gasteiger partial charge in [-0.05, 0) is 48.0 Å². The molecule has 3 rings (SSSR count). The van der Waals surface area contributed by atoms with Gasteiger partial charge in [-0.2, -0.15) is 5.10 Å². The van der Waals surface area contributed by atoms with Crippen LogP contribution in [0.15, 0.2) is 44.2 Å². The lowest BCUT2D eigenvalue weighted by atomic mass is 10.2. The predicted molar refractivity (Wildman–Crippen MR) is 92.9 cm³/mol. The number of anilines is 1. The maximum atomic E-state index is 12.6. The van der Waals surface area contributed by atoms with Crippen LogP contribution in [0, 0.1) is 13.8 Å². The Hall–Kier alpha value is -1.93. The van der Waals surface area contributed by atoms with Crippen molar-refractivity contribution in [2.75, 3.05) is 5.32 Å². The van der Waals surface area contributed by atoms with Crippen LogP contribution in [0.2, 0.25) is 0 Å². The van der Waals surface area contributed by atoms with Crippen molar-refractivity contribution in [1.82, 2.24) is 14.8 Å². The molecule has 1 N–H and O–H groups in total. The van der Waals surface area contributed by atoms with Crippen LogP contribution in [-0.4, -0.2) is 20.7 Å². The maximum absolute atomic E-state index is 12.6. The Morgan fingerprint density at radius 1 is 1.26 bits per heavy atom. The zero-order chi connectivity index (χ0) is 16.6. The number of benzene rings is 1. The van der Waals surface area contributed by atoms with Gasteiger partial charge in [0, 0.05) is 4.47 Å². The zero-order valence-electron chi connectivity index (χ0n) is 12.3. The highest BCUT2D eigenvalue weighted by molar-refractivity contribution is 9.10. The van der Waals surface area contributed by atoms with Gasteiger partial charge in [-0.25, -0.2) is 9.67 Å².